The van der Waals surface area contributed by atoms with Crippen LogP contribution in [0.1, 0.15) is 22.8 Å². The Labute approximate surface area is 128 Å². The highest BCUT2D eigenvalue weighted by atomic mass is 16.5. The number of methoxy groups -OCH3 is 1. The van der Waals surface area contributed by atoms with Crippen molar-refractivity contribution in [1.82, 2.24) is 10.3 Å². The second-order valence-electron chi connectivity index (χ2n) is 4.52. The Hall–Kier alpha value is -2.60. The minimum atomic E-state index is -1.02. The number of carbonyl (C=O) groups is 1. The van der Waals surface area contributed by atoms with Gasteiger partial charge in [-0.1, -0.05) is 13.0 Å². The Kier molecular flexibility index (Phi) is 5.32. The van der Waals surface area contributed by atoms with Gasteiger partial charge >= 0.3 is 5.97 Å². The number of hydrogen-bond acceptors (Lipinski definition) is 5. The molecule has 0 saturated carbocycles. The van der Waals surface area contributed by atoms with E-state index in [-0.39, 0.29) is 5.56 Å². The van der Waals surface area contributed by atoms with Gasteiger partial charge in [-0.2, -0.15) is 0 Å². The summed E-state index contributed by atoms with van der Waals surface area (Å²) in [4.78, 5) is 15.2. The highest BCUT2D eigenvalue weighted by Gasteiger charge is 2.13. The summed E-state index contributed by atoms with van der Waals surface area (Å²) in [7, 11) is 1.46. The largest absolute Gasteiger partial charge is 0.493 e. The number of nitrogens with one attached hydrogen (secondary N) is 1. The number of hydrogen-bond donors (Lipinski definition) is 2. The van der Waals surface area contributed by atoms with Crippen LogP contribution in [0.2, 0.25) is 0 Å². The van der Waals surface area contributed by atoms with E-state index in [1.54, 1.807) is 12.3 Å². The van der Waals surface area contributed by atoms with Crippen molar-refractivity contribution in [1.29, 1.82) is 0 Å². The Morgan fingerprint density at radius 3 is 2.82 bits per heavy atom. The van der Waals surface area contributed by atoms with Gasteiger partial charge in [0.25, 0.3) is 0 Å². The molecule has 0 saturated heterocycles. The molecule has 0 spiro atoms. The summed E-state index contributed by atoms with van der Waals surface area (Å²) in [6, 6.07) is 8.21. The predicted molar refractivity (Wildman–Crippen MR) is 81.6 cm³/mol. The lowest BCUT2D eigenvalue weighted by Crippen LogP contribution is -2.12. The third kappa shape index (κ3) is 3.73. The van der Waals surface area contributed by atoms with Gasteiger partial charge in [0, 0.05) is 18.3 Å². The molecule has 1 heterocycles. The van der Waals surface area contributed by atoms with Crippen molar-refractivity contribution in [2.45, 2.75) is 13.5 Å². The third-order valence-corrected chi connectivity index (χ3v) is 3.03. The lowest BCUT2D eigenvalue weighted by atomic mass is 10.2. The molecule has 0 bridgehead atoms. The van der Waals surface area contributed by atoms with Gasteiger partial charge in [-0.3, -0.25) is 0 Å². The number of aromatic carboxylic acids is 1. The van der Waals surface area contributed by atoms with Crippen LogP contribution in [0.25, 0.3) is 0 Å². The van der Waals surface area contributed by atoms with Gasteiger partial charge in [0.2, 0.25) is 5.88 Å². The Bertz CT molecular complexity index is 658. The van der Waals surface area contributed by atoms with Crippen molar-refractivity contribution in [3.63, 3.8) is 0 Å². The van der Waals surface area contributed by atoms with Crippen LogP contribution < -0.4 is 14.8 Å². The van der Waals surface area contributed by atoms with Crippen molar-refractivity contribution >= 4 is 5.97 Å². The van der Waals surface area contributed by atoms with Crippen LogP contribution in [0, 0.1) is 0 Å². The van der Waals surface area contributed by atoms with E-state index < -0.39 is 5.97 Å². The maximum Gasteiger partial charge on any atom is 0.335 e. The molecule has 0 atom stereocenters. The number of rotatable bonds is 7. The van der Waals surface area contributed by atoms with E-state index in [2.05, 4.69) is 10.3 Å². The zero-order valence-electron chi connectivity index (χ0n) is 12.5. The molecule has 6 heteroatoms. The van der Waals surface area contributed by atoms with E-state index >= 15 is 0 Å². The molecule has 0 aliphatic heterocycles. The molecule has 2 aromatic rings. The van der Waals surface area contributed by atoms with E-state index in [0.29, 0.717) is 23.9 Å². The van der Waals surface area contributed by atoms with Crippen LogP contribution in [-0.2, 0) is 6.54 Å². The molecule has 1 aromatic carbocycles. The van der Waals surface area contributed by atoms with Crippen LogP contribution in [0.5, 0.6) is 17.4 Å². The molecular formula is C16H18N2O4. The monoisotopic (exact) mass is 302 g/mol. The summed E-state index contributed by atoms with van der Waals surface area (Å²) >= 11 is 0. The zero-order chi connectivity index (χ0) is 15.9. The Morgan fingerprint density at radius 1 is 1.32 bits per heavy atom. The van der Waals surface area contributed by atoms with Gasteiger partial charge in [0.15, 0.2) is 11.5 Å². The predicted octanol–water partition coefficient (Wildman–Crippen LogP) is 2.69. The minimum Gasteiger partial charge on any atom is -0.493 e. The van der Waals surface area contributed by atoms with Crippen LogP contribution >= 0.6 is 0 Å². The number of pyridine rings is 1. The molecule has 0 amide bonds. The fraction of sp³-hybridized carbons (Fsp3) is 0.250. The maximum absolute atomic E-state index is 11.0. The molecule has 22 heavy (non-hydrogen) atoms. The molecule has 0 aliphatic rings. The summed E-state index contributed by atoms with van der Waals surface area (Å²) < 4.78 is 11.0. The molecule has 116 valence electrons. The van der Waals surface area contributed by atoms with Gasteiger partial charge in [-0.25, -0.2) is 9.78 Å². The quantitative estimate of drug-likeness (QED) is 0.818. The van der Waals surface area contributed by atoms with Crippen molar-refractivity contribution in [2.75, 3.05) is 13.7 Å². The van der Waals surface area contributed by atoms with Crippen LogP contribution in [0.4, 0.5) is 0 Å². The number of carboxylic acid groups (broad SMARTS) is 1. The summed E-state index contributed by atoms with van der Waals surface area (Å²) in [6.07, 6.45) is 1.64. The normalized spacial score (nSPS) is 10.3. The highest BCUT2D eigenvalue weighted by molar-refractivity contribution is 5.88. The summed E-state index contributed by atoms with van der Waals surface area (Å²) in [5, 5.41) is 12.2. The van der Waals surface area contributed by atoms with Gasteiger partial charge in [0.1, 0.15) is 0 Å². The highest BCUT2D eigenvalue weighted by Crippen LogP contribution is 2.32. The van der Waals surface area contributed by atoms with E-state index in [1.807, 2.05) is 19.1 Å². The van der Waals surface area contributed by atoms with E-state index in [9.17, 15) is 4.79 Å². The Balaban J connectivity index is 2.29. The van der Waals surface area contributed by atoms with Crippen LogP contribution in [-0.4, -0.2) is 29.7 Å². The molecule has 0 fully saturated rings. The lowest BCUT2D eigenvalue weighted by molar-refractivity contribution is 0.0696. The first-order chi connectivity index (χ1) is 10.7. The standard InChI is InChI=1S/C16H18N2O4/c1-3-17-10-12-5-4-8-18-15(12)22-13-7-6-11(16(19)20)9-14(13)21-2/h4-9,17H,3,10H2,1-2H3,(H,19,20). The average molecular weight is 302 g/mol. The fourth-order valence-electron chi connectivity index (χ4n) is 1.90. The van der Waals surface area contributed by atoms with E-state index in [0.717, 1.165) is 12.1 Å². The van der Waals surface area contributed by atoms with Crippen LogP contribution in [0.3, 0.4) is 0 Å². The molecule has 0 aliphatic carbocycles. The average Bonchev–Trinajstić information content (AvgIpc) is 2.54. The summed E-state index contributed by atoms with van der Waals surface area (Å²) in [5.74, 6) is 0.212. The lowest BCUT2D eigenvalue weighted by Gasteiger charge is -2.13. The fourth-order valence-corrected chi connectivity index (χ4v) is 1.90. The van der Waals surface area contributed by atoms with Gasteiger partial charge < -0.3 is 19.9 Å². The number of carboxylic acids is 1. The first-order valence-electron chi connectivity index (χ1n) is 6.89. The van der Waals surface area contributed by atoms with Gasteiger partial charge in [-0.05, 0) is 30.8 Å². The van der Waals surface area contributed by atoms with E-state index in [1.165, 1.54) is 19.2 Å². The topological polar surface area (TPSA) is 80.7 Å². The van der Waals surface area contributed by atoms with Crippen molar-refractivity contribution in [2.24, 2.45) is 0 Å². The summed E-state index contributed by atoms with van der Waals surface area (Å²) in [5.41, 5.74) is 1.05. The van der Waals surface area contributed by atoms with E-state index in [4.69, 9.17) is 14.6 Å². The number of ether oxygens (including phenoxy) is 2. The second kappa shape index (κ2) is 7.42. The van der Waals surface area contributed by atoms with Crippen molar-refractivity contribution in [3.05, 3.63) is 47.7 Å². The van der Waals surface area contributed by atoms with Crippen LogP contribution in [0.15, 0.2) is 36.5 Å². The van der Waals surface area contributed by atoms with Gasteiger partial charge in [-0.15, -0.1) is 0 Å². The molecule has 0 radical (unpaired) electrons. The molecule has 6 nitrogen and oxygen atoms in total. The molecule has 1 aromatic heterocycles. The molecule has 2 N–H and O–H groups in total. The molecule has 0 unspecified atom stereocenters. The first kappa shape index (κ1) is 15.8. The smallest absolute Gasteiger partial charge is 0.335 e. The van der Waals surface area contributed by atoms with Crippen molar-refractivity contribution < 1.29 is 19.4 Å². The number of nitrogens with zero attached hydrogens (tertiary/aromatic N) is 1. The SMILES string of the molecule is CCNCc1cccnc1Oc1ccc(C(=O)O)cc1OC. The van der Waals surface area contributed by atoms with Crippen molar-refractivity contribution in [3.8, 4) is 17.4 Å². The first-order valence-corrected chi connectivity index (χ1v) is 6.89. The second-order valence-corrected chi connectivity index (χ2v) is 4.52. The number of aromatic nitrogens is 1. The number of benzene rings is 1. The Morgan fingerprint density at radius 2 is 2.14 bits per heavy atom. The minimum absolute atomic E-state index is 0.137. The molecule has 2 rings (SSSR count). The third-order valence-electron chi connectivity index (χ3n) is 3.03. The molecular weight excluding hydrogens is 284 g/mol. The van der Waals surface area contributed by atoms with Gasteiger partial charge in [0.05, 0.1) is 12.7 Å². The maximum atomic E-state index is 11.0. The zero-order valence-corrected chi connectivity index (χ0v) is 12.5. The summed E-state index contributed by atoms with van der Waals surface area (Å²) in [6.45, 7) is 3.49.